The van der Waals surface area contributed by atoms with Crippen LogP contribution in [0.1, 0.15) is 85.3 Å². The van der Waals surface area contributed by atoms with Crippen molar-refractivity contribution in [3.8, 4) is 0 Å². The van der Waals surface area contributed by atoms with Crippen LogP contribution in [0.2, 0.25) is 0 Å². The third-order valence-corrected chi connectivity index (χ3v) is 7.72. The maximum absolute atomic E-state index is 14.0. The lowest BCUT2D eigenvalue weighted by molar-refractivity contribution is -0.144. The smallest absolute Gasteiger partial charge is 0.349 e. The number of fused-ring (bicyclic) bond motifs is 1. The number of hydrogen-bond donors (Lipinski definition) is 2. The molecular formula is C26H30F6N8O2. The van der Waals surface area contributed by atoms with Gasteiger partial charge in [-0.25, -0.2) is 32.3 Å². The van der Waals surface area contributed by atoms with Crippen LogP contribution in [0.4, 0.5) is 26.3 Å². The summed E-state index contributed by atoms with van der Waals surface area (Å²) in [5, 5.41) is 13.7. The zero-order valence-electron chi connectivity index (χ0n) is 22.5. The van der Waals surface area contributed by atoms with E-state index in [0.717, 1.165) is 23.9 Å². The Morgan fingerprint density at radius 2 is 1.76 bits per heavy atom. The third-order valence-electron chi connectivity index (χ3n) is 7.72. The summed E-state index contributed by atoms with van der Waals surface area (Å²) in [7, 11) is 0. The minimum atomic E-state index is -4.44. The van der Waals surface area contributed by atoms with Gasteiger partial charge >= 0.3 is 6.18 Å². The average molecular weight is 601 g/mol. The molecule has 0 aliphatic heterocycles. The molecule has 2 N–H and O–H groups in total. The molecule has 2 aliphatic rings. The highest BCUT2D eigenvalue weighted by atomic mass is 19.4. The molecule has 0 spiro atoms. The van der Waals surface area contributed by atoms with Crippen molar-refractivity contribution in [3.05, 3.63) is 41.9 Å². The Kier molecular flexibility index (Phi) is 8.42. The van der Waals surface area contributed by atoms with Crippen molar-refractivity contribution in [2.45, 2.75) is 82.1 Å². The summed E-state index contributed by atoms with van der Waals surface area (Å²) in [6.07, 6.45) is -1.04. The van der Waals surface area contributed by atoms with E-state index in [9.17, 15) is 35.9 Å². The topological polar surface area (TPSA) is 119 Å². The van der Waals surface area contributed by atoms with E-state index in [4.69, 9.17) is 0 Å². The number of nitrogens with one attached hydrogen (secondary N) is 2. The van der Waals surface area contributed by atoms with Gasteiger partial charge in [0.2, 0.25) is 17.7 Å². The van der Waals surface area contributed by atoms with Gasteiger partial charge in [-0.3, -0.25) is 9.59 Å². The van der Waals surface area contributed by atoms with Gasteiger partial charge in [0, 0.05) is 19.3 Å². The highest BCUT2D eigenvalue weighted by Gasteiger charge is 2.40. The number of hydrogen-bond acceptors (Lipinski definition) is 6. The molecule has 2 aliphatic carbocycles. The van der Waals surface area contributed by atoms with Gasteiger partial charge in [-0.1, -0.05) is 0 Å². The van der Waals surface area contributed by atoms with Crippen molar-refractivity contribution >= 4 is 17.5 Å². The van der Waals surface area contributed by atoms with E-state index in [2.05, 4.69) is 30.8 Å². The van der Waals surface area contributed by atoms with Gasteiger partial charge < -0.3 is 10.6 Å². The number of nitrogens with zero attached hydrogens (tertiary/aromatic N) is 6. The molecule has 42 heavy (non-hydrogen) atoms. The van der Waals surface area contributed by atoms with Crippen molar-refractivity contribution in [1.29, 1.82) is 0 Å². The van der Waals surface area contributed by atoms with E-state index in [1.165, 1.54) is 10.7 Å². The molecule has 3 aromatic rings. The van der Waals surface area contributed by atoms with Gasteiger partial charge in [0.25, 0.3) is 5.91 Å². The minimum Gasteiger partial charge on any atom is -0.349 e. The fourth-order valence-electron chi connectivity index (χ4n) is 5.35. The lowest BCUT2D eigenvalue weighted by Gasteiger charge is -2.33. The molecule has 0 saturated heterocycles. The monoisotopic (exact) mass is 600 g/mol. The zero-order chi connectivity index (χ0) is 30.1. The number of rotatable bonds is 11. The molecular weight excluding hydrogens is 570 g/mol. The highest BCUT2D eigenvalue weighted by molar-refractivity contribution is 5.90. The number of carbonyl (C=O) groups is 2. The molecule has 228 valence electrons. The summed E-state index contributed by atoms with van der Waals surface area (Å²) in [4.78, 5) is 34.0. The van der Waals surface area contributed by atoms with E-state index in [-0.39, 0.29) is 49.9 Å². The number of aryl methyl sites for hydroxylation is 1. The Morgan fingerprint density at radius 3 is 2.43 bits per heavy atom. The maximum Gasteiger partial charge on any atom is 0.389 e. The maximum atomic E-state index is 14.0. The first-order valence-electron chi connectivity index (χ1n) is 13.8. The molecule has 2 atom stereocenters. The van der Waals surface area contributed by atoms with Crippen molar-refractivity contribution in [3.63, 3.8) is 0 Å². The van der Waals surface area contributed by atoms with Crippen LogP contribution in [0.15, 0.2) is 24.8 Å². The number of halogens is 6. The van der Waals surface area contributed by atoms with Crippen LogP contribution in [0, 0.1) is 11.8 Å². The number of alkyl halides is 6. The van der Waals surface area contributed by atoms with E-state index < -0.39 is 55.5 Å². The Balaban J connectivity index is 1.39. The predicted molar refractivity (Wildman–Crippen MR) is 135 cm³/mol. The number of imidazole rings is 1. The number of amides is 2. The minimum absolute atomic E-state index is 0.0520. The van der Waals surface area contributed by atoms with Crippen LogP contribution in [-0.4, -0.2) is 60.0 Å². The summed E-state index contributed by atoms with van der Waals surface area (Å²) in [6.45, 7) is -0.950. The Hall–Kier alpha value is -3.72. The Morgan fingerprint density at radius 1 is 1.05 bits per heavy atom. The first kappa shape index (κ1) is 29.8. The van der Waals surface area contributed by atoms with Gasteiger partial charge in [0.05, 0.1) is 43.1 Å². The second kappa shape index (κ2) is 11.9. The molecule has 1 unspecified atom stereocenters. The summed E-state index contributed by atoms with van der Waals surface area (Å²) in [5.41, 5.74) is 1.27. The summed E-state index contributed by atoms with van der Waals surface area (Å²) >= 11 is 0. The van der Waals surface area contributed by atoms with Crippen LogP contribution in [0.25, 0.3) is 5.65 Å². The lowest BCUT2D eigenvalue weighted by Crippen LogP contribution is -2.38. The van der Waals surface area contributed by atoms with Crippen molar-refractivity contribution in [2.24, 2.45) is 11.8 Å². The van der Waals surface area contributed by atoms with E-state index in [1.807, 2.05) is 0 Å². The summed E-state index contributed by atoms with van der Waals surface area (Å²) in [5.74, 6) is -4.64. The van der Waals surface area contributed by atoms with Gasteiger partial charge in [-0.15, -0.1) is 0 Å². The quantitative estimate of drug-likeness (QED) is 0.313. The van der Waals surface area contributed by atoms with Crippen molar-refractivity contribution in [2.75, 3.05) is 6.67 Å². The molecule has 16 heteroatoms. The van der Waals surface area contributed by atoms with Crippen LogP contribution in [0.5, 0.6) is 0 Å². The molecule has 5 rings (SSSR count). The third kappa shape index (κ3) is 7.18. The van der Waals surface area contributed by atoms with Gasteiger partial charge in [-0.2, -0.15) is 23.4 Å². The molecule has 3 aromatic heterocycles. The number of carbonyl (C=O) groups excluding carboxylic acids is 2. The second-order valence-electron chi connectivity index (χ2n) is 10.9. The van der Waals surface area contributed by atoms with Crippen molar-refractivity contribution < 1.29 is 35.9 Å². The molecule has 0 radical (unpaired) electrons. The van der Waals surface area contributed by atoms with Gasteiger partial charge in [0.15, 0.2) is 5.65 Å². The largest absolute Gasteiger partial charge is 0.389 e. The summed E-state index contributed by atoms with van der Waals surface area (Å²) < 4.78 is 81.2. The highest BCUT2D eigenvalue weighted by Crippen LogP contribution is 2.43. The van der Waals surface area contributed by atoms with Crippen LogP contribution >= 0.6 is 0 Å². The molecule has 2 fully saturated rings. The van der Waals surface area contributed by atoms with Gasteiger partial charge in [-0.05, 0) is 49.1 Å². The normalized spacial score (nSPS) is 19.0. The first-order valence-corrected chi connectivity index (χ1v) is 13.8. The van der Waals surface area contributed by atoms with Crippen LogP contribution in [-0.2, 0) is 11.3 Å². The second-order valence-corrected chi connectivity index (χ2v) is 10.9. The van der Waals surface area contributed by atoms with Gasteiger partial charge in [0.1, 0.15) is 13.0 Å². The standard InChI is InChI=1S/C26H30F6N8O2/c27-9-10-39-23(33-14-35-39)24(42)38-22(16-3-6-25(28,29)7-4-16)18-13-40-19(36-18)11-17(12-34-40)21(15-1-2-15)37-20(41)5-8-26(30,31)32/h11-16,21-22H,1-10H2,(H,37,41)(H,38,42)/t21?,22-/m0/s1. The molecule has 0 bridgehead atoms. The molecule has 2 amide bonds. The lowest BCUT2D eigenvalue weighted by atomic mass is 9.81. The molecule has 10 nitrogen and oxygen atoms in total. The van der Waals surface area contributed by atoms with Crippen molar-refractivity contribution in [1.82, 2.24) is 40.0 Å². The molecule has 2 saturated carbocycles. The van der Waals surface area contributed by atoms with E-state index >= 15 is 0 Å². The van der Waals surface area contributed by atoms with Crippen LogP contribution < -0.4 is 10.6 Å². The molecule has 0 aromatic carbocycles. The molecule has 3 heterocycles. The van der Waals surface area contributed by atoms with E-state index in [0.29, 0.717) is 16.9 Å². The number of aromatic nitrogens is 6. The average Bonchev–Trinajstić information content (AvgIpc) is 3.51. The fourth-order valence-corrected chi connectivity index (χ4v) is 5.35. The SMILES string of the molecule is O=C(CCC(F)(F)F)NC(c1cnn2cc([C@@H](NC(=O)c3ncnn3CCF)C3CCC(F)(F)CC3)nc2c1)C1CC1. The fraction of sp³-hybridized carbons (Fsp3) is 0.615. The Bertz CT molecular complexity index is 1410. The Labute approximate surface area is 236 Å². The first-order chi connectivity index (χ1) is 19.9. The summed E-state index contributed by atoms with van der Waals surface area (Å²) in [6, 6.07) is 0.326. The zero-order valence-corrected chi connectivity index (χ0v) is 22.5. The van der Waals surface area contributed by atoms with E-state index in [1.54, 1.807) is 12.3 Å². The predicted octanol–water partition coefficient (Wildman–Crippen LogP) is 4.50. The van der Waals surface area contributed by atoms with Crippen LogP contribution in [0.3, 0.4) is 0 Å².